The third-order valence-electron chi connectivity index (χ3n) is 4.60. The Balaban J connectivity index is 1.64. The first kappa shape index (κ1) is 17.2. The second-order valence-corrected chi connectivity index (χ2v) is 6.41. The van der Waals surface area contributed by atoms with Crippen LogP contribution in [0.15, 0.2) is 23.2 Å². The zero-order valence-corrected chi connectivity index (χ0v) is 14.3. The van der Waals surface area contributed by atoms with Crippen LogP contribution in [0.3, 0.4) is 0 Å². The molecule has 3 unspecified atom stereocenters. The van der Waals surface area contributed by atoms with Crippen LogP contribution in [0.5, 0.6) is 0 Å². The van der Waals surface area contributed by atoms with Crippen LogP contribution in [0.25, 0.3) is 0 Å². The van der Waals surface area contributed by atoms with Crippen molar-refractivity contribution in [2.45, 2.75) is 57.6 Å². The first-order valence-electron chi connectivity index (χ1n) is 8.66. The highest BCUT2D eigenvalue weighted by Crippen LogP contribution is 2.34. The number of nitrogens with zero attached hydrogens (tertiary/aromatic N) is 1. The van der Waals surface area contributed by atoms with Crippen LogP contribution in [0, 0.1) is 5.82 Å². The summed E-state index contributed by atoms with van der Waals surface area (Å²) in [6.45, 7) is 3.60. The zero-order valence-electron chi connectivity index (χ0n) is 14.3. The minimum atomic E-state index is -0.242. The number of methoxy groups -OCH3 is 1. The van der Waals surface area contributed by atoms with Gasteiger partial charge in [0.2, 0.25) is 0 Å². The average molecular weight is 335 g/mol. The van der Waals surface area contributed by atoms with Gasteiger partial charge in [0, 0.05) is 19.2 Å². The number of guanidine groups is 1. The van der Waals surface area contributed by atoms with Gasteiger partial charge in [-0.2, -0.15) is 0 Å². The second kappa shape index (κ2) is 7.94. The van der Waals surface area contributed by atoms with E-state index in [1.807, 2.05) is 13.0 Å². The topological polar surface area (TPSA) is 54.9 Å². The van der Waals surface area contributed by atoms with Crippen LogP contribution in [-0.4, -0.2) is 37.9 Å². The maximum Gasteiger partial charge on any atom is 0.191 e. The molecule has 2 fully saturated rings. The molecule has 0 radical (unpaired) electrons. The first-order chi connectivity index (χ1) is 11.7. The fraction of sp³-hybridized carbons (Fsp3) is 0.611. The number of aliphatic imine (C=N–C) groups is 1. The number of hydrogen-bond donors (Lipinski definition) is 2. The van der Waals surface area contributed by atoms with Gasteiger partial charge in [-0.15, -0.1) is 0 Å². The lowest BCUT2D eigenvalue weighted by Gasteiger charge is -2.22. The standard InChI is InChI=1S/C18H26FN3O2/c1-3-20-18(22-16-9-14-5-7-17(16)24-14)21-10-12-4-6-15(19)13(8-12)11-23-2/h4,6,8,14,16-17H,3,5,7,9-11H2,1-2H3,(H2,20,21,22). The van der Waals surface area contributed by atoms with E-state index in [0.29, 0.717) is 30.4 Å². The molecule has 0 spiro atoms. The summed E-state index contributed by atoms with van der Waals surface area (Å²) >= 11 is 0. The smallest absolute Gasteiger partial charge is 0.191 e. The molecule has 0 amide bonds. The number of fused-ring (bicyclic) bond motifs is 2. The molecule has 2 bridgehead atoms. The largest absolute Gasteiger partial charge is 0.380 e. The van der Waals surface area contributed by atoms with Crippen molar-refractivity contribution in [3.8, 4) is 0 Å². The van der Waals surface area contributed by atoms with E-state index in [4.69, 9.17) is 9.47 Å². The number of nitrogens with one attached hydrogen (secondary N) is 2. The van der Waals surface area contributed by atoms with Crippen molar-refractivity contribution in [2.75, 3.05) is 13.7 Å². The molecule has 0 saturated carbocycles. The Labute approximate surface area is 142 Å². The maximum atomic E-state index is 13.7. The highest BCUT2D eigenvalue weighted by molar-refractivity contribution is 5.80. The van der Waals surface area contributed by atoms with Crippen LogP contribution < -0.4 is 10.6 Å². The first-order valence-corrected chi connectivity index (χ1v) is 8.66. The molecule has 24 heavy (non-hydrogen) atoms. The van der Waals surface area contributed by atoms with Crippen LogP contribution >= 0.6 is 0 Å². The van der Waals surface area contributed by atoms with Gasteiger partial charge < -0.3 is 20.1 Å². The third-order valence-corrected chi connectivity index (χ3v) is 4.60. The van der Waals surface area contributed by atoms with E-state index in [-0.39, 0.29) is 12.4 Å². The normalized spacial score (nSPS) is 26.0. The van der Waals surface area contributed by atoms with Gasteiger partial charge in [-0.05, 0) is 43.9 Å². The van der Waals surface area contributed by atoms with Gasteiger partial charge in [0.25, 0.3) is 0 Å². The molecule has 0 aliphatic carbocycles. The average Bonchev–Trinajstić information content (AvgIpc) is 3.18. The Hall–Kier alpha value is -1.66. The lowest BCUT2D eigenvalue weighted by molar-refractivity contribution is 0.0992. The van der Waals surface area contributed by atoms with E-state index in [9.17, 15) is 4.39 Å². The zero-order chi connectivity index (χ0) is 16.9. The van der Waals surface area contributed by atoms with Gasteiger partial charge in [-0.25, -0.2) is 9.38 Å². The predicted octanol–water partition coefficient (Wildman–Crippen LogP) is 2.35. The number of halogens is 1. The number of benzene rings is 1. The Morgan fingerprint density at radius 1 is 1.42 bits per heavy atom. The second-order valence-electron chi connectivity index (χ2n) is 6.41. The predicted molar refractivity (Wildman–Crippen MR) is 91.4 cm³/mol. The molecular weight excluding hydrogens is 309 g/mol. The molecule has 2 aliphatic rings. The van der Waals surface area contributed by atoms with Gasteiger partial charge in [-0.1, -0.05) is 6.07 Å². The summed E-state index contributed by atoms with van der Waals surface area (Å²) in [4.78, 5) is 4.64. The van der Waals surface area contributed by atoms with Gasteiger partial charge in [0.15, 0.2) is 5.96 Å². The minimum Gasteiger partial charge on any atom is -0.380 e. The molecule has 6 heteroatoms. The summed E-state index contributed by atoms with van der Waals surface area (Å²) in [7, 11) is 1.56. The van der Waals surface area contributed by atoms with Gasteiger partial charge in [-0.3, -0.25) is 0 Å². The lowest BCUT2D eigenvalue weighted by Crippen LogP contribution is -2.47. The third kappa shape index (κ3) is 4.05. The summed E-state index contributed by atoms with van der Waals surface area (Å²) in [5.41, 5.74) is 1.52. The van der Waals surface area contributed by atoms with E-state index < -0.39 is 0 Å². The molecular formula is C18H26FN3O2. The number of ether oxygens (including phenoxy) is 2. The van der Waals surface area contributed by atoms with Crippen LogP contribution in [0.1, 0.15) is 37.3 Å². The quantitative estimate of drug-likeness (QED) is 0.619. The molecule has 3 rings (SSSR count). The van der Waals surface area contributed by atoms with E-state index in [2.05, 4.69) is 15.6 Å². The fourth-order valence-electron chi connectivity index (χ4n) is 3.45. The van der Waals surface area contributed by atoms with E-state index in [1.165, 1.54) is 12.5 Å². The van der Waals surface area contributed by atoms with Gasteiger partial charge in [0.05, 0.1) is 31.4 Å². The van der Waals surface area contributed by atoms with Crippen LogP contribution in [-0.2, 0) is 22.6 Å². The minimum absolute atomic E-state index is 0.242. The van der Waals surface area contributed by atoms with Crippen molar-refractivity contribution < 1.29 is 13.9 Å². The Morgan fingerprint density at radius 3 is 2.96 bits per heavy atom. The lowest BCUT2D eigenvalue weighted by atomic mass is 9.96. The van der Waals surface area contributed by atoms with Crippen molar-refractivity contribution in [3.63, 3.8) is 0 Å². The molecule has 2 heterocycles. The van der Waals surface area contributed by atoms with Crippen LogP contribution in [0.2, 0.25) is 0 Å². The van der Waals surface area contributed by atoms with E-state index in [0.717, 1.165) is 30.9 Å². The van der Waals surface area contributed by atoms with E-state index in [1.54, 1.807) is 13.2 Å². The fourth-order valence-corrected chi connectivity index (χ4v) is 3.45. The molecule has 0 aromatic heterocycles. The monoisotopic (exact) mass is 335 g/mol. The summed E-state index contributed by atoms with van der Waals surface area (Å²) in [6, 6.07) is 5.39. The molecule has 1 aromatic carbocycles. The summed E-state index contributed by atoms with van der Waals surface area (Å²) in [5.74, 6) is 0.546. The van der Waals surface area contributed by atoms with Crippen molar-refractivity contribution >= 4 is 5.96 Å². The summed E-state index contributed by atoms with van der Waals surface area (Å²) in [6.07, 6.45) is 4.06. The van der Waals surface area contributed by atoms with Crippen molar-refractivity contribution in [2.24, 2.45) is 4.99 Å². The van der Waals surface area contributed by atoms with Crippen molar-refractivity contribution in [1.82, 2.24) is 10.6 Å². The Kier molecular flexibility index (Phi) is 5.68. The summed E-state index contributed by atoms with van der Waals surface area (Å²) in [5, 5.41) is 6.76. The SMILES string of the molecule is CCNC(=NCc1ccc(F)c(COC)c1)NC1CC2CCC1O2. The van der Waals surface area contributed by atoms with Crippen molar-refractivity contribution in [1.29, 1.82) is 0 Å². The van der Waals surface area contributed by atoms with E-state index >= 15 is 0 Å². The molecule has 1 aromatic rings. The molecule has 2 aliphatic heterocycles. The van der Waals surface area contributed by atoms with Gasteiger partial charge in [0.1, 0.15) is 5.82 Å². The van der Waals surface area contributed by atoms with Crippen LogP contribution in [0.4, 0.5) is 4.39 Å². The highest BCUT2D eigenvalue weighted by atomic mass is 19.1. The van der Waals surface area contributed by atoms with Gasteiger partial charge >= 0.3 is 0 Å². The Morgan fingerprint density at radius 2 is 2.29 bits per heavy atom. The Bertz CT molecular complexity index is 594. The van der Waals surface area contributed by atoms with Crippen molar-refractivity contribution in [3.05, 3.63) is 35.1 Å². The summed E-state index contributed by atoms with van der Waals surface area (Å²) < 4.78 is 24.6. The molecule has 3 atom stereocenters. The molecule has 132 valence electrons. The molecule has 2 N–H and O–H groups in total. The number of hydrogen-bond acceptors (Lipinski definition) is 3. The number of rotatable bonds is 6. The highest BCUT2D eigenvalue weighted by Gasteiger charge is 2.41. The molecule has 5 nitrogen and oxygen atoms in total. The molecule has 2 saturated heterocycles. The maximum absolute atomic E-state index is 13.7.